The molecule has 72 valence electrons. The summed E-state index contributed by atoms with van der Waals surface area (Å²) in [5, 5.41) is 9.63. The Hall–Kier alpha value is -1.52. The molecule has 0 aliphatic carbocycles. The van der Waals surface area contributed by atoms with Crippen molar-refractivity contribution >= 4 is 11.6 Å². The maximum Gasteiger partial charge on any atom is 0.221 e. The van der Waals surface area contributed by atoms with E-state index in [-0.39, 0.29) is 5.91 Å². The number of hydrogen-bond donors (Lipinski definition) is 2. The molecule has 5 heteroatoms. The van der Waals surface area contributed by atoms with Crippen LogP contribution in [0.4, 0.5) is 5.69 Å². The SMILES string of the molecule is CNC(=O)CCNc1cnn(C)c1. The zero-order chi connectivity index (χ0) is 9.68. The molecule has 0 aliphatic heterocycles. The van der Waals surface area contributed by atoms with Gasteiger partial charge in [0.25, 0.3) is 0 Å². The van der Waals surface area contributed by atoms with Crippen molar-refractivity contribution < 1.29 is 4.79 Å². The van der Waals surface area contributed by atoms with Crippen molar-refractivity contribution in [2.45, 2.75) is 6.42 Å². The quantitative estimate of drug-likeness (QED) is 0.687. The van der Waals surface area contributed by atoms with E-state index in [4.69, 9.17) is 0 Å². The van der Waals surface area contributed by atoms with Gasteiger partial charge in [0.2, 0.25) is 5.91 Å². The lowest BCUT2D eigenvalue weighted by Crippen LogP contribution is -2.20. The van der Waals surface area contributed by atoms with Gasteiger partial charge < -0.3 is 10.6 Å². The number of amides is 1. The lowest BCUT2D eigenvalue weighted by atomic mass is 10.4. The van der Waals surface area contributed by atoms with Gasteiger partial charge in [-0.3, -0.25) is 9.48 Å². The van der Waals surface area contributed by atoms with Crippen LogP contribution in [0.1, 0.15) is 6.42 Å². The molecular formula is C8H14N4O. The number of carbonyl (C=O) groups is 1. The molecule has 0 saturated carbocycles. The number of hydrogen-bond acceptors (Lipinski definition) is 3. The molecule has 1 aromatic heterocycles. The Morgan fingerprint density at radius 1 is 1.69 bits per heavy atom. The Bertz CT molecular complexity index is 281. The average Bonchev–Trinajstić information content (AvgIpc) is 2.51. The summed E-state index contributed by atoms with van der Waals surface area (Å²) in [6.07, 6.45) is 4.07. The molecule has 0 spiro atoms. The van der Waals surface area contributed by atoms with Gasteiger partial charge in [-0.2, -0.15) is 5.10 Å². The first-order chi connectivity index (χ1) is 6.22. The van der Waals surface area contributed by atoms with Crippen LogP contribution in [0.5, 0.6) is 0 Å². The molecule has 0 saturated heterocycles. The van der Waals surface area contributed by atoms with E-state index in [2.05, 4.69) is 15.7 Å². The Balaban J connectivity index is 2.24. The summed E-state index contributed by atoms with van der Waals surface area (Å²) in [6, 6.07) is 0. The van der Waals surface area contributed by atoms with Gasteiger partial charge in [-0.15, -0.1) is 0 Å². The first-order valence-corrected chi connectivity index (χ1v) is 4.15. The maximum atomic E-state index is 10.8. The highest BCUT2D eigenvalue weighted by Gasteiger charge is 1.98. The summed E-state index contributed by atoms with van der Waals surface area (Å²) in [5.41, 5.74) is 0.936. The first-order valence-electron chi connectivity index (χ1n) is 4.15. The summed E-state index contributed by atoms with van der Waals surface area (Å²) >= 11 is 0. The smallest absolute Gasteiger partial charge is 0.221 e. The summed E-state index contributed by atoms with van der Waals surface area (Å²) in [7, 11) is 3.48. The number of aryl methyl sites for hydroxylation is 1. The van der Waals surface area contributed by atoms with Gasteiger partial charge in [0.1, 0.15) is 0 Å². The van der Waals surface area contributed by atoms with Crippen molar-refractivity contribution in [3.05, 3.63) is 12.4 Å². The number of anilines is 1. The molecule has 0 unspecified atom stereocenters. The van der Waals surface area contributed by atoms with Crippen molar-refractivity contribution in [1.29, 1.82) is 0 Å². The molecule has 13 heavy (non-hydrogen) atoms. The monoisotopic (exact) mass is 182 g/mol. The van der Waals surface area contributed by atoms with E-state index in [9.17, 15) is 4.79 Å². The van der Waals surface area contributed by atoms with E-state index in [1.54, 1.807) is 17.9 Å². The molecule has 0 fully saturated rings. The minimum atomic E-state index is 0.0383. The predicted octanol–water partition coefficient (Wildman–Crippen LogP) is -0.0319. The fraction of sp³-hybridized carbons (Fsp3) is 0.500. The Kier molecular flexibility index (Phi) is 3.31. The molecule has 1 heterocycles. The van der Waals surface area contributed by atoms with E-state index < -0.39 is 0 Å². The summed E-state index contributed by atoms with van der Waals surface area (Å²) < 4.78 is 1.71. The Morgan fingerprint density at radius 2 is 2.46 bits per heavy atom. The second kappa shape index (κ2) is 4.49. The molecule has 1 rings (SSSR count). The third-order valence-corrected chi connectivity index (χ3v) is 1.66. The second-order valence-electron chi connectivity index (χ2n) is 2.75. The number of carbonyl (C=O) groups excluding carboxylic acids is 1. The van der Waals surface area contributed by atoms with E-state index in [1.807, 2.05) is 13.2 Å². The summed E-state index contributed by atoms with van der Waals surface area (Å²) in [4.78, 5) is 10.8. The van der Waals surface area contributed by atoms with Gasteiger partial charge in [0.05, 0.1) is 11.9 Å². The minimum Gasteiger partial charge on any atom is -0.382 e. The van der Waals surface area contributed by atoms with Crippen LogP contribution in [0.25, 0.3) is 0 Å². The van der Waals surface area contributed by atoms with E-state index >= 15 is 0 Å². The van der Waals surface area contributed by atoms with Crippen molar-refractivity contribution in [2.75, 3.05) is 18.9 Å². The van der Waals surface area contributed by atoms with Gasteiger partial charge >= 0.3 is 0 Å². The molecule has 0 bridgehead atoms. The second-order valence-corrected chi connectivity index (χ2v) is 2.75. The van der Waals surface area contributed by atoms with Crippen LogP contribution in [0.3, 0.4) is 0 Å². The molecule has 0 radical (unpaired) electrons. The third kappa shape index (κ3) is 3.14. The molecule has 1 amide bonds. The van der Waals surface area contributed by atoms with Gasteiger partial charge in [0.15, 0.2) is 0 Å². The van der Waals surface area contributed by atoms with E-state index in [0.717, 1.165) is 5.69 Å². The van der Waals surface area contributed by atoms with Crippen LogP contribution in [0.15, 0.2) is 12.4 Å². The normalized spacial score (nSPS) is 9.69. The largest absolute Gasteiger partial charge is 0.382 e. The standard InChI is InChI=1S/C8H14N4O/c1-9-8(13)3-4-10-7-5-11-12(2)6-7/h5-6,10H,3-4H2,1-2H3,(H,9,13). The average molecular weight is 182 g/mol. The van der Waals surface area contributed by atoms with E-state index in [1.165, 1.54) is 0 Å². The van der Waals surface area contributed by atoms with Crippen LogP contribution in [0, 0.1) is 0 Å². The minimum absolute atomic E-state index is 0.0383. The fourth-order valence-corrected chi connectivity index (χ4v) is 0.958. The predicted molar refractivity (Wildman–Crippen MR) is 50.4 cm³/mol. The van der Waals surface area contributed by atoms with Crippen LogP contribution < -0.4 is 10.6 Å². The summed E-state index contributed by atoms with van der Waals surface area (Å²) in [6.45, 7) is 0.630. The van der Waals surface area contributed by atoms with Gasteiger partial charge in [-0.05, 0) is 0 Å². The maximum absolute atomic E-state index is 10.8. The van der Waals surface area contributed by atoms with Crippen LogP contribution >= 0.6 is 0 Å². The molecular weight excluding hydrogens is 168 g/mol. The zero-order valence-electron chi connectivity index (χ0n) is 7.87. The topological polar surface area (TPSA) is 59.0 Å². The Labute approximate surface area is 77.1 Å². The molecule has 1 aromatic rings. The van der Waals surface area contributed by atoms with Crippen molar-refractivity contribution in [1.82, 2.24) is 15.1 Å². The number of aromatic nitrogens is 2. The van der Waals surface area contributed by atoms with Crippen LogP contribution in [-0.4, -0.2) is 29.3 Å². The third-order valence-electron chi connectivity index (χ3n) is 1.66. The molecule has 5 nitrogen and oxygen atoms in total. The lowest BCUT2D eigenvalue weighted by molar-refractivity contribution is -0.120. The molecule has 2 N–H and O–H groups in total. The van der Waals surface area contributed by atoms with Gasteiger partial charge in [-0.1, -0.05) is 0 Å². The molecule has 0 aliphatic rings. The first kappa shape index (κ1) is 9.57. The van der Waals surface area contributed by atoms with E-state index in [0.29, 0.717) is 13.0 Å². The summed E-state index contributed by atoms with van der Waals surface area (Å²) in [5.74, 6) is 0.0383. The number of nitrogens with zero attached hydrogens (tertiary/aromatic N) is 2. The number of nitrogens with one attached hydrogen (secondary N) is 2. The fourth-order valence-electron chi connectivity index (χ4n) is 0.958. The molecule has 0 atom stereocenters. The van der Waals surface area contributed by atoms with Crippen LogP contribution in [-0.2, 0) is 11.8 Å². The lowest BCUT2D eigenvalue weighted by Gasteiger charge is -2.01. The van der Waals surface area contributed by atoms with Gasteiger partial charge in [-0.25, -0.2) is 0 Å². The number of rotatable bonds is 4. The van der Waals surface area contributed by atoms with Crippen molar-refractivity contribution in [3.63, 3.8) is 0 Å². The highest BCUT2D eigenvalue weighted by molar-refractivity contribution is 5.76. The highest BCUT2D eigenvalue weighted by atomic mass is 16.1. The molecule has 0 aromatic carbocycles. The Morgan fingerprint density at radius 3 is 3.00 bits per heavy atom. The van der Waals surface area contributed by atoms with Crippen LogP contribution in [0.2, 0.25) is 0 Å². The van der Waals surface area contributed by atoms with Crippen molar-refractivity contribution in [2.24, 2.45) is 7.05 Å². The highest BCUT2D eigenvalue weighted by Crippen LogP contribution is 2.02. The zero-order valence-corrected chi connectivity index (χ0v) is 7.87. The van der Waals surface area contributed by atoms with Crippen molar-refractivity contribution in [3.8, 4) is 0 Å². The van der Waals surface area contributed by atoms with Gasteiger partial charge in [0, 0.05) is 33.3 Å².